The van der Waals surface area contributed by atoms with Gasteiger partial charge in [0.2, 0.25) is 6.29 Å². The average molecular weight is 777 g/mol. The van der Waals surface area contributed by atoms with Crippen molar-refractivity contribution in [3.05, 3.63) is 71.3 Å². The molecule has 3 aromatic carbocycles. The predicted molar refractivity (Wildman–Crippen MR) is 185 cm³/mol. The second kappa shape index (κ2) is 18.1. The molecule has 0 aliphatic carbocycles. The van der Waals surface area contributed by atoms with E-state index in [1.165, 1.54) is 78.0 Å². The zero-order valence-electron chi connectivity index (χ0n) is 30.6. The molecule has 18 heteroatoms. The predicted octanol–water partition coefficient (Wildman–Crippen LogP) is 0.595. The van der Waals surface area contributed by atoms with Crippen LogP contribution in [0.2, 0.25) is 0 Å². The van der Waals surface area contributed by atoms with E-state index in [1.807, 2.05) is 0 Å². The van der Waals surface area contributed by atoms with E-state index in [0.29, 0.717) is 22.8 Å². The van der Waals surface area contributed by atoms with Crippen LogP contribution in [0.4, 0.5) is 0 Å². The normalized spacial score (nSPS) is 26.1. The van der Waals surface area contributed by atoms with Gasteiger partial charge in [0.1, 0.15) is 43.7 Å². The van der Waals surface area contributed by atoms with Gasteiger partial charge < -0.3 is 77.6 Å². The van der Waals surface area contributed by atoms with E-state index in [9.17, 15) is 35.1 Å². The maximum atomic E-state index is 12.7. The minimum absolute atomic E-state index is 0.0759. The van der Waals surface area contributed by atoms with Crippen molar-refractivity contribution in [2.45, 2.75) is 55.3 Å². The molecular formula is C37H44O18. The van der Waals surface area contributed by atoms with E-state index in [4.69, 9.17) is 52.1 Å². The largest absolute Gasteiger partial charge is 0.493 e. The van der Waals surface area contributed by atoms with Crippen LogP contribution in [-0.2, 0) is 30.3 Å². The number of aliphatic hydroxyl groups excluding tert-OH is 4. The Kier molecular flexibility index (Phi) is 13.6. The molecule has 2 heterocycles. The van der Waals surface area contributed by atoms with E-state index in [-0.39, 0.29) is 35.0 Å². The molecule has 8 unspecified atom stereocenters. The van der Waals surface area contributed by atoms with Gasteiger partial charge in [-0.1, -0.05) is 6.07 Å². The first-order valence-corrected chi connectivity index (χ1v) is 16.8. The van der Waals surface area contributed by atoms with Crippen molar-refractivity contribution >= 4 is 11.9 Å². The smallest absolute Gasteiger partial charge is 0.338 e. The number of carbonyl (C=O) groups is 2. The molecule has 3 aromatic rings. The first kappa shape index (κ1) is 41.2. The van der Waals surface area contributed by atoms with Crippen LogP contribution in [0, 0.1) is 0 Å². The second-order valence-corrected chi connectivity index (χ2v) is 12.5. The standard InChI is InChI=1S/C37H44O18/c1-45-22-10-7-20(13-26(22)48-4)33(42)50-15-19-6-9-24(25(12-19)47-3)54-35-31(40)30(39)29(38)28(55-35)16-51-36-32(41)37(44,18-53-36)17-52-34(43)21-8-11-23(46-2)27(14-21)49-5/h6-14,28-32,35-36,38-41,44H,15-18H2,1-5H3. The van der Waals surface area contributed by atoms with Crippen molar-refractivity contribution in [3.63, 3.8) is 0 Å². The minimum atomic E-state index is -2.06. The van der Waals surface area contributed by atoms with E-state index in [1.54, 1.807) is 12.1 Å². The van der Waals surface area contributed by atoms with Crippen LogP contribution in [0.3, 0.4) is 0 Å². The summed E-state index contributed by atoms with van der Waals surface area (Å²) in [5, 5.41) is 53.8. The van der Waals surface area contributed by atoms with E-state index in [2.05, 4.69) is 0 Å². The highest BCUT2D eigenvalue weighted by Crippen LogP contribution is 2.34. The Morgan fingerprint density at radius 1 is 0.673 bits per heavy atom. The molecule has 55 heavy (non-hydrogen) atoms. The second-order valence-electron chi connectivity index (χ2n) is 12.5. The summed E-state index contributed by atoms with van der Waals surface area (Å²) in [6, 6.07) is 13.5. The van der Waals surface area contributed by atoms with Gasteiger partial charge in [-0.25, -0.2) is 9.59 Å². The van der Waals surface area contributed by atoms with Gasteiger partial charge in [0, 0.05) is 0 Å². The number of carbonyl (C=O) groups excluding carboxylic acids is 2. The summed E-state index contributed by atoms with van der Waals surface area (Å²) in [7, 11) is 7.13. The van der Waals surface area contributed by atoms with Gasteiger partial charge in [-0.2, -0.15) is 0 Å². The van der Waals surface area contributed by atoms with Crippen molar-refractivity contribution in [2.24, 2.45) is 0 Å². The molecule has 0 amide bonds. The number of benzene rings is 3. The Hall–Kier alpha value is -4.92. The Bertz CT molecular complexity index is 1780. The third-order valence-corrected chi connectivity index (χ3v) is 8.93. The lowest BCUT2D eigenvalue weighted by atomic mass is 9.99. The van der Waals surface area contributed by atoms with Gasteiger partial charge in [-0.05, 0) is 54.1 Å². The molecule has 2 fully saturated rings. The molecule has 2 aliphatic heterocycles. The Labute approximate surface area is 315 Å². The number of hydrogen-bond donors (Lipinski definition) is 5. The first-order valence-electron chi connectivity index (χ1n) is 16.8. The van der Waals surface area contributed by atoms with Crippen LogP contribution in [0.5, 0.6) is 34.5 Å². The summed E-state index contributed by atoms with van der Waals surface area (Å²) in [5.74, 6) is 0.296. The monoisotopic (exact) mass is 776 g/mol. The molecule has 0 radical (unpaired) electrons. The summed E-state index contributed by atoms with van der Waals surface area (Å²) in [6.45, 7) is -1.78. The molecule has 0 spiro atoms. The molecule has 2 aliphatic rings. The summed E-state index contributed by atoms with van der Waals surface area (Å²) in [6.07, 6.45) is -11.2. The van der Waals surface area contributed by atoms with Gasteiger partial charge in [0.05, 0.1) is 59.9 Å². The molecule has 18 nitrogen and oxygen atoms in total. The number of esters is 2. The molecule has 8 atom stereocenters. The molecule has 0 aromatic heterocycles. The number of rotatable bonds is 16. The van der Waals surface area contributed by atoms with E-state index < -0.39 is 80.5 Å². The molecule has 5 rings (SSSR count). The van der Waals surface area contributed by atoms with Gasteiger partial charge in [0.25, 0.3) is 0 Å². The molecule has 300 valence electrons. The molecular weight excluding hydrogens is 732 g/mol. The number of hydrogen-bond acceptors (Lipinski definition) is 18. The van der Waals surface area contributed by atoms with Gasteiger partial charge in [-0.15, -0.1) is 0 Å². The third-order valence-electron chi connectivity index (χ3n) is 8.93. The maximum absolute atomic E-state index is 12.7. The number of ether oxygens (including phenoxy) is 11. The summed E-state index contributed by atoms with van der Waals surface area (Å²) in [5.41, 5.74) is -1.19. The topological polar surface area (TPSA) is 237 Å². The quantitative estimate of drug-likeness (QED) is 0.125. The van der Waals surface area contributed by atoms with Crippen LogP contribution in [0.15, 0.2) is 54.6 Å². The van der Waals surface area contributed by atoms with Gasteiger partial charge in [0.15, 0.2) is 46.4 Å². The minimum Gasteiger partial charge on any atom is -0.493 e. The van der Waals surface area contributed by atoms with Crippen LogP contribution < -0.4 is 28.4 Å². The maximum Gasteiger partial charge on any atom is 0.338 e. The van der Waals surface area contributed by atoms with Crippen molar-refractivity contribution in [2.75, 3.05) is 55.4 Å². The summed E-state index contributed by atoms with van der Waals surface area (Å²) >= 11 is 0. The fourth-order valence-electron chi connectivity index (χ4n) is 5.72. The molecule has 0 bridgehead atoms. The lowest BCUT2D eigenvalue weighted by molar-refractivity contribution is -0.289. The highest BCUT2D eigenvalue weighted by molar-refractivity contribution is 5.90. The van der Waals surface area contributed by atoms with Crippen LogP contribution in [0.1, 0.15) is 26.3 Å². The third kappa shape index (κ3) is 9.31. The van der Waals surface area contributed by atoms with Crippen molar-refractivity contribution in [1.82, 2.24) is 0 Å². The van der Waals surface area contributed by atoms with Crippen LogP contribution >= 0.6 is 0 Å². The highest BCUT2D eigenvalue weighted by atomic mass is 16.7. The van der Waals surface area contributed by atoms with Gasteiger partial charge >= 0.3 is 11.9 Å². The summed E-state index contributed by atoms with van der Waals surface area (Å²) < 4.78 is 59.5. The fraction of sp³-hybridized carbons (Fsp3) is 0.459. The lowest BCUT2D eigenvalue weighted by Crippen LogP contribution is -2.60. The Morgan fingerprint density at radius 3 is 1.80 bits per heavy atom. The molecule has 5 N–H and O–H groups in total. The van der Waals surface area contributed by atoms with Crippen molar-refractivity contribution < 1.29 is 87.2 Å². The van der Waals surface area contributed by atoms with Crippen molar-refractivity contribution in [1.29, 1.82) is 0 Å². The lowest BCUT2D eigenvalue weighted by Gasteiger charge is -2.40. The zero-order valence-corrected chi connectivity index (χ0v) is 30.6. The SMILES string of the molecule is COc1ccc(C(=O)OCc2ccc(OC3OC(COC4OCC(O)(COC(=O)c5ccc(OC)c(OC)c5)C4O)C(O)C(O)C3O)c(OC)c2)cc1OC. The van der Waals surface area contributed by atoms with Gasteiger partial charge in [-0.3, -0.25) is 0 Å². The highest BCUT2D eigenvalue weighted by Gasteiger charge is 2.51. The van der Waals surface area contributed by atoms with Crippen LogP contribution in [-0.4, -0.2) is 142 Å². The number of methoxy groups -OCH3 is 5. The molecule has 0 saturated carbocycles. The van der Waals surface area contributed by atoms with E-state index >= 15 is 0 Å². The first-order chi connectivity index (χ1) is 26.4. The number of aliphatic hydroxyl groups is 5. The van der Waals surface area contributed by atoms with Crippen LogP contribution in [0.25, 0.3) is 0 Å². The molecule has 2 saturated heterocycles. The fourth-order valence-corrected chi connectivity index (χ4v) is 5.72. The Morgan fingerprint density at radius 2 is 1.22 bits per heavy atom. The van der Waals surface area contributed by atoms with E-state index in [0.717, 1.165) is 0 Å². The zero-order chi connectivity index (χ0) is 39.9. The summed E-state index contributed by atoms with van der Waals surface area (Å²) in [4.78, 5) is 25.4. The Balaban J connectivity index is 1.16. The average Bonchev–Trinajstić information content (AvgIpc) is 3.50. The van der Waals surface area contributed by atoms with Crippen molar-refractivity contribution in [3.8, 4) is 34.5 Å².